The molecule has 1 unspecified atom stereocenters. The van der Waals surface area contributed by atoms with E-state index in [2.05, 4.69) is 32.9 Å². The van der Waals surface area contributed by atoms with Crippen molar-refractivity contribution in [2.75, 3.05) is 0 Å². The summed E-state index contributed by atoms with van der Waals surface area (Å²) in [5, 5.41) is 0. The summed E-state index contributed by atoms with van der Waals surface area (Å²) in [5.74, 6) is 0.837. The number of rotatable bonds is 4. The fraction of sp³-hybridized carbons (Fsp3) is 0.778. The Balaban J connectivity index is 3.15. The van der Waals surface area contributed by atoms with Gasteiger partial charge in [-0.3, -0.25) is 0 Å². The van der Waals surface area contributed by atoms with E-state index in [4.69, 9.17) is 0 Å². The minimum atomic E-state index is 0.837. The molecule has 0 aromatic heterocycles. The van der Waals surface area contributed by atoms with E-state index in [9.17, 15) is 0 Å². The van der Waals surface area contributed by atoms with E-state index < -0.39 is 0 Å². The fourth-order valence-corrected chi connectivity index (χ4v) is 0.596. The maximum atomic E-state index is 3.19. The zero-order chi connectivity index (χ0) is 7.11. The van der Waals surface area contributed by atoms with Gasteiger partial charge in [0.25, 0.3) is 0 Å². The van der Waals surface area contributed by atoms with Crippen LogP contribution in [0, 0.1) is 12.0 Å². The Labute approximate surface area is 59.0 Å². The topological polar surface area (TPSA) is 0 Å². The molecule has 0 heteroatoms. The van der Waals surface area contributed by atoms with E-state index >= 15 is 0 Å². The SMILES string of the molecule is CC[C+]=CCC(C)CC. The van der Waals surface area contributed by atoms with E-state index in [-0.39, 0.29) is 0 Å². The zero-order valence-electron chi connectivity index (χ0n) is 6.78. The molecule has 0 nitrogen and oxygen atoms in total. The van der Waals surface area contributed by atoms with Gasteiger partial charge in [0.15, 0.2) is 12.5 Å². The van der Waals surface area contributed by atoms with Gasteiger partial charge in [0, 0.05) is 6.42 Å². The molecule has 0 N–H and O–H groups in total. The standard InChI is InChI=1S/C9H17/c1-4-6-7-8-9(3)5-2/h7,9H,4-5,8H2,1-3H3/q+1. The fourth-order valence-electron chi connectivity index (χ4n) is 0.596. The summed E-state index contributed by atoms with van der Waals surface area (Å²) >= 11 is 0. The van der Waals surface area contributed by atoms with Crippen LogP contribution in [-0.2, 0) is 0 Å². The van der Waals surface area contributed by atoms with Gasteiger partial charge in [-0.05, 0) is 12.8 Å². The summed E-state index contributed by atoms with van der Waals surface area (Å²) in [6, 6.07) is 0. The molecule has 0 spiro atoms. The summed E-state index contributed by atoms with van der Waals surface area (Å²) in [6.07, 6.45) is 8.88. The van der Waals surface area contributed by atoms with Gasteiger partial charge in [-0.25, -0.2) is 0 Å². The lowest BCUT2D eigenvalue weighted by atomic mass is 10.1. The van der Waals surface area contributed by atoms with Crippen LogP contribution < -0.4 is 0 Å². The van der Waals surface area contributed by atoms with Crippen LogP contribution in [0.4, 0.5) is 0 Å². The van der Waals surface area contributed by atoms with Crippen molar-refractivity contribution in [3.63, 3.8) is 0 Å². The number of hydrogen-bond donors (Lipinski definition) is 0. The Bertz CT molecular complexity index is 72.1. The highest BCUT2D eigenvalue weighted by molar-refractivity contribution is 4.74. The van der Waals surface area contributed by atoms with E-state index in [1.807, 2.05) is 0 Å². The third-order valence-electron chi connectivity index (χ3n) is 1.57. The molecule has 9 heavy (non-hydrogen) atoms. The monoisotopic (exact) mass is 125 g/mol. The molecular weight excluding hydrogens is 108 g/mol. The first-order chi connectivity index (χ1) is 4.31. The van der Waals surface area contributed by atoms with Gasteiger partial charge < -0.3 is 0 Å². The number of hydrogen-bond acceptors (Lipinski definition) is 0. The second kappa shape index (κ2) is 5.78. The van der Waals surface area contributed by atoms with Crippen molar-refractivity contribution < 1.29 is 0 Å². The van der Waals surface area contributed by atoms with Crippen molar-refractivity contribution in [1.82, 2.24) is 0 Å². The van der Waals surface area contributed by atoms with Gasteiger partial charge in [-0.15, -0.1) is 0 Å². The molecule has 0 aliphatic rings. The molecule has 0 amide bonds. The molecule has 1 atom stereocenters. The highest BCUT2D eigenvalue weighted by atomic mass is 14.0. The molecule has 0 bridgehead atoms. The van der Waals surface area contributed by atoms with E-state index in [1.54, 1.807) is 0 Å². The highest BCUT2D eigenvalue weighted by Gasteiger charge is 1.97. The van der Waals surface area contributed by atoms with Crippen molar-refractivity contribution >= 4 is 0 Å². The largest absolute Gasteiger partial charge is 0.217 e. The van der Waals surface area contributed by atoms with Gasteiger partial charge in [0.2, 0.25) is 6.08 Å². The summed E-state index contributed by atoms with van der Waals surface area (Å²) in [4.78, 5) is 0. The average Bonchev–Trinajstić information content (AvgIpc) is 1.89. The molecule has 0 rings (SSSR count). The van der Waals surface area contributed by atoms with E-state index in [1.165, 1.54) is 12.8 Å². The highest BCUT2D eigenvalue weighted by Crippen LogP contribution is 2.06. The maximum Gasteiger partial charge on any atom is 0.217 e. The molecule has 0 saturated heterocycles. The second-order valence-electron chi connectivity index (χ2n) is 2.51. The Hall–Kier alpha value is -0.350. The molecule has 0 radical (unpaired) electrons. The normalized spacial score (nSPS) is 13.7. The first kappa shape index (κ1) is 8.65. The Morgan fingerprint density at radius 2 is 2.11 bits per heavy atom. The van der Waals surface area contributed by atoms with Crippen LogP contribution in [0.2, 0.25) is 0 Å². The lowest BCUT2D eigenvalue weighted by molar-refractivity contribution is 0.570. The minimum absolute atomic E-state index is 0.837. The van der Waals surface area contributed by atoms with Crippen LogP contribution in [0.15, 0.2) is 6.08 Å². The summed E-state index contributed by atoms with van der Waals surface area (Å²) < 4.78 is 0. The van der Waals surface area contributed by atoms with Gasteiger partial charge in [0.05, 0.1) is 0 Å². The quantitative estimate of drug-likeness (QED) is 0.506. The maximum absolute atomic E-state index is 3.19. The van der Waals surface area contributed by atoms with Crippen LogP contribution in [0.5, 0.6) is 0 Å². The molecule has 0 saturated carbocycles. The number of allylic oxidation sites excluding steroid dienone is 2. The van der Waals surface area contributed by atoms with Crippen molar-refractivity contribution in [2.24, 2.45) is 5.92 Å². The first-order valence-electron chi connectivity index (χ1n) is 3.86. The lowest BCUT2D eigenvalue weighted by Crippen LogP contribution is -1.87. The average molecular weight is 125 g/mol. The Morgan fingerprint density at radius 3 is 2.56 bits per heavy atom. The summed E-state index contributed by atoms with van der Waals surface area (Å²) in [7, 11) is 0. The predicted molar refractivity (Wildman–Crippen MR) is 42.2 cm³/mol. The molecular formula is C9H17+. The molecule has 0 heterocycles. The summed E-state index contributed by atoms with van der Waals surface area (Å²) in [6.45, 7) is 6.62. The predicted octanol–water partition coefficient (Wildman–Crippen LogP) is 3.19. The molecule has 0 aromatic carbocycles. The molecule has 0 aliphatic carbocycles. The molecule has 0 aliphatic heterocycles. The molecule has 0 aromatic rings. The van der Waals surface area contributed by atoms with Gasteiger partial charge in [0.1, 0.15) is 0 Å². The smallest absolute Gasteiger partial charge is 0.0651 e. The van der Waals surface area contributed by atoms with Crippen LogP contribution in [0.3, 0.4) is 0 Å². The van der Waals surface area contributed by atoms with Gasteiger partial charge in [-0.1, -0.05) is 20.3 Å². The lowest BCUT2D eigenvalue weighted by Gasteiger charge is -1.97. The van der Waals surface area contributed by atoms with Crippen LogP contribution in [0.25, 0.3) is 0 Å². The Morgan fingerprint density at radius 1 is 1.44 bits per heavy atom. The minimum Gasteiger partial charge on any atom is -0.0651 e. The Kier molecular flexibility index (Phi) is 5.56. The van der Waals surface area contributed by atoms with Crippen LogP contribution in [0.1, 0.15) is 40.0 Å². The van der Waals surface area contributed by atoms with Gasteiger partial charge >= 0.3 is 0 Å². The van der Waals surface area contributed by atoms with Crippen LogP contribution in [-0.4, -0.2) is 0 Å². The zero-order valence-corrected chi connectivity index (χ0v) is 6.78. The molecule has 0 fully saturated rings. The van der Waals surface area contributed by atoms with Crippen LogP contribution >= 0.6 is 0 Å². The third-order valence-corrected chi connectivity index (χ3v) is 1.57. The van der Waals surface area contributed by atoms with Crippen molar-refractivity contribution in [1.29, 1.82) is 0 Å². The second-order valence-corrected chi connectivity index (χ2v) is 2.51. The third kappa shape index (κ3) is 5.52. The van der Waals surface area contributed by atoms with Gasteiger partial charge in [-0.2, -0.15) is 0 Å². The van der Waals surface area contributed by atoms with Crippen molar-refractivity contribution in [2.45, 2.75) is 40.0 Å². The van der Waals surface area contributed by atoms with E-state index in [0.717, 1.165) is 12.3 Å². The summed E-state index contributed by atoms with van der Waals surface area (Å²) in [5.41, 5.74) is 0. The first-order valence-corrected chi connectivity index (χ1v) is 3.86. The van der Waals surface area contributed by atoms with Crippen molar-refractivity contribution in [3.8, 4) is 0 Å². The van der Waals surface area contributed by atoms with Crippen molar-refractivity contribution in [3.05, 3.63) is 12.2 Å². The molecule has 52 valence electrons. The van der Waals surface area contributed by atoms with E-state index in [0.29, 0.717) is 0 Å².